The lowest BCUT2D eigenvalue weighted by Crippen LogP contribution is -2.41. The van der Waals surface area contributed by atoms with Crippen LogP contribution in [0.2, 0.25) is 0 Å². The molecule has 0 aliphatic carbocycles. The van der Waals surface area contributed by atoms with E-state index < -0.39 is 12.4 Å². The molecule has 0 atom stereocenters. The first-order chi connectivity index (χ1) is 6.08. The lowest BCUT2D eigenvalue weighted by atomic mass is 10.0. The molecule has 13 heavy (non-hydrogen) atoms. The molecule has 2 N–H and O–H groups in total. The van der Waals surface area contributed by atoms with Gasteiger partial charge >= 0.3 is 5.97 Å². The topological polar surface area (TPSA) is 66.8 Å². The Morgan fingerprint density at radius 1 is 1.31 bits per heavy atom. The summed E-state index contributed by atoms with van der Waals surface area (Å²) in [6, 6.07) is 6.47. The van der Waals surface area contributed by atoms with Crippen molar-refractivity contribution in [3.05, 3.63) is 29.8 Å². The molecule has 4 nitrogen and oxygen atoms in total. The number of hydrogen-bond acceptors (Lipinski definition) is 4. The van der Waals surface area contributed by atoms with Crippen molar-refractivity contribution >= 4 is 5.78 Å². The highest BCUT2D eigenvalue weighted by Crippen LogP contribution is 2.29. The number of rotatable bonds is 0. The molecule has 0 saturated heterocycles. The maximum Gasteiger partial charge on any atom is 0.329 e. The van der Waals surface area contributed by atoms with E-state index >= 15 is 0 Å². The molecule has 0 spiro atoms. The van der Waals surface area contributed by atoms with Crippen molar-refractivity contribution < 1.29 is 19.7 Å². The van der Waals surface area contributed by atoms with Crippen molar-refractivity contribution in [2.24, 2.45) is 0 Å². The third kappa shape index (κ3) is 1.41. The Morgan fingerprint density at radius 2 is 2.00 bits per heavy atom. The smallest absolute Gasteiger partial charge is 0.329 e. The summed E-state index contributed by atoms with van der Waals surface area (Å²) in [5, 5.41) is 18.2. The van der Waals surface area contributed by atoms with Gasteiger partial charge in [0.2, 0.25) is 0 Å². The fourth-order valence-corrected chi connectivity index (χ4v) is 1.30. The first-order valence-corrected chi connectivity index (χ1v) is 3.84. The van der Waals surface area contributed by atoms with Gasteiger partial charge in [-0.25, -0.2) is 0 Å². The summed E-state index contributed by atoms with van der Waals surface area (Å²) in [5.41, 5.74) is 0.390. The maximum absolute atomic E-state index is 11.3. The third-order valence-electron chi connectivity index (χ3n) is 1.85. The second-order valence-corrected chi connectivity index (χ2v) is 2.94. The van der Waals surface area contributed by atoms with Gasteiger partial charge in [0.15, 0.2) is 5.78 Å². The summed E-state index contributed by atoms with van der Waals surface area (Å²) in [6.07, 6.45) is -0.427. The number of ketones is 1. The molecular weight excluding hydrogens is 172 g/mol. The van der Waals surface area contributed by atoms with Crippen molar-refractivity contribution in [2.75, 3.05) is 0 Å². The van der Waals surface area contributed by atoms with Crippen molar-refractivity contribution in [3.8, 4) is 5.75 Å². The van der Waals surface area contributed by atoms with E-state index in [1.807, 2.05) is 0 Å². The summed E-state index contributed by atoms with van der Waals surface area (Å²) < 4.78 is 4.78. The Kier molecular flexibility index (Phi) is 1.61. The molecule has 0 bridgehead atoms. The van der Waals surface area contributed by atoms with Crippen molar-refractivity contribution in [1.29, 1.82) is 0 Å². The Balaban J connectivity index is 2.49. The fourth-order valence-electron chi connectivity index (χ4n) is 1.30. The van der Waals surface area contributed by atoms with Crippen LogP contribution in [0.5, 0.6) is 5.75 Å². The molecule has 4 heteroatoms. The SMILES string of the molecule is O=C1CC(O)(O)Oc2ccccc21. The minimum absolute atomic E-state index is 0.212. The van der Waals surface area contributed by atoms with E-state index in [1.165, 1.54) is 6.07 Å². The summed E-state index contributed by atoms with van der Waals surface area (Å²) in [4.78, 5) is 11.3. The van der Waals surface area contributed by atoms with E-state index in [1.54, 1.807) is 18.2 Å². The second kappa shape index (κ2) is 2.55. The maximum atomic E-state index is 11.3. The minimum atomic E-state index is -2.36. The number of fused-ring (bicyclic) bond motifs is 1. The number of hydrogen-bond donors (Lipinski definition) is 2. The van der Waals surface area contributed by atoms with Gasteiger partial charge in [0.25, 0.3) is 0 Å². The zero-order valence-electron chi connectivity index (χ0n) is 6.73. The van der Waals surface area contributed by atoms with E-state index in [2.05, 4.69) is 0 Å². The Morgan fingerprint density at radius 3 is 2.77 bits per heavy atom. The largest absolute Gasteiger partial charge is 0.438 e. The Hall–Kier alpha value is -1.39. The average Bonchev–Trinajstić information content (AvgIpc) is 2.02. The summed E-state index contributed by atoms with van der Waals surface area (Å²) in [5.74, 6) is -2.47. The second-order valence-electron chi connectivity index (χ2n) is 2.94. The van der Waals surface area contributed by atoms with Gasteiger partial charge < -0.3 is 14.9 Å². The van der Waals surface area contributed by atoms with E-state index in [4.69, 9.17) is 14.9 Å². The average molecular weight is 180 g/mol. The predicted octanol–water partition coefficient (Wildman–Crippen LogP) is 0.290. The lowest BCUT2D eigenvalue weighted by molar-refractivity contribution is -0.290. The first kappa shape index (κ1) is 8.22. The Bertz CT molecular complexity index is 356. The van der Waals surface area contributed by atoms with Crippen LogP contribution in [0.3, 0.4) is 0 Å². The number of benzene rings is 1. The quantitative estimate of drug-likeness (QED) is 0.563. The van der Waals surface area contributed by atoms with E-state index in [0.29, 0.717) is 5.56 Å². The van der Waals surface area contributed by atoms with Gasteiger partial charge in [-0.05, 0) is 12.1 Å². The van der Waals surface area contributed by atoms with Gasteiger partial charge in [0, 0.05) is 0 Å². The molecule has 1 aliphatic heterocycles. The zero-order chi connectivity index (χ0) is 9.47. The fraction of sp³-hybridized carbons (Fsp3) is 0.222. The van der Waals surface area contributed by atoms with Crippen molar-refractivity contribution in [3.63, 3.8) is 0 Å². The number of carbonyl (C=O) groups is 1. The number of carbonyl (C=O) groups excluding carboxylic acids is 1. The number of ether oxygens (including phenoxy) is 1. The van der Waals surface area contributed by atoms with Gasteiger partial charge in [-0.3, -0.25) is 4.79 Å². The van der Waals surface area contributed by atoms with Crippen LogP contribution < -0.4 is 4.74 Å². The first-order valence-electron chi connectivity index (χ1n) is 3.84. The molecule has 2 rings (SSSR count). The highest BCUT2D eigenvalue weighted by Gasteiger charge is 2.36. The molecule has 0 radical (unpaired) electrons. The molecule has 0 amide bonds. The van der Waals surface area contributed by atoms with Gasteiger partial charge in [-0.15, -0.1) is 0 Å². The number of aliphatic hydroxyl groups is 2. The highest BCUT2D eigenvalue weighted by atomic mass is 16.8. The summed E-state index contributed by atoms with van der Waals surface area (Å²) >= 11 is 0. The molecule has 1 heterocycles. The minimum Gasteiger partial charge on any atom is -0.438 e. The summed E-state index contributed by atoms with van der Waals surface area (Å²) in [7, 11) is 0. The van der Waals surface area contributed by atoms with Crippen LogP contribution in [-0.2, 0) is 0 Å². The van der Waals surface area contributed by atoms with E-state index in [0.717, 1.165) is 0 Å². The third-order valence-corrected chi connectivity index (χ3v) is 1.85. The van der Waals surface area contributed by atoms with Crippen LogP contribution >= 0.6 is 0 Å². The highest BCUT2D eigenvalue weighted by molar-refractivity contribution is 5.99. The molecule has 0 fully saturated rings. The van der Waals surface area contributed by atoms with Crippen LogP contribution in [0, 0.1) is 0 Å². The predicted molar refractivity (Wildman–Crippen MR) is 43.2 cm³/mol. The van der Waals surface area contributed by atoms with E-state index in [-0.39, 0.29) is 11.5 Å². The molecule has 0 saturated carbocycles. The molecule has 68 valence electrons. The number of para-hydroxylation sites is 1. The monoisotopic (exact) mass is 180 g/mol. The number of Topliss-reactive ketones (excluding diaryl/α,β-unsaturated/α-hetero) is 1. The van der Waals surface area contributed by atoms with Gasteiger partial charge in [-0.2, -0.15) is 0 Å². The van der Waals surface area contributed by atoms with Crippen LogP contribution in [0.15, 0.2) is 24.3 Å². The molecular formula is C9H8O4. The molecule has 1 aromatic rings. The van der Waals surface area contributed by atoms with Crippen LogP contribution in [-0.4, -0.2) is 22.0 Å². The van der Waals surface area contributed by atoms with Gasteiger partial charge in [0.05, 0.1) is 5.56 Å². The lowest BCUT2D eigenvalue weighted by Gasteiger charge is -2.27. The van der Waals surface area contributed by atoms with Crippen LogP contribution in [0.1, 0.15) is 16.8 Å². The Labute approximate surface area is 74.4 Å². The van der Waals surface area contributed by atoms with Crippen LogP contribution in [0.25, 0.3) is 0 Å². The normalized spacial score (nSPS) is 19.1. The molecule has 1 aromatic carbocycles. The standard InChI is InChI=1S/C9H8O4/c10-7-5-9(11,12)13-8-4-2-1-3-6(7)8/h1-4,11-12H,5H2. The van der Waals surface area contributed by atoms with Crippen LogP contribution in [0.4, 0.5) is 0 Å². The summed E-state index contributed by atoms with van der Waals surface area (Å²) in [6.45, 7) is 0. The van der Waals surface area contributed by atoms with Gasteiger partial charge in [0.1, 0.15) is 12.2 Å². The molecule has 0 aromatic heterocycles. The van der Waals surface area contributed by atoms with Crippen molar-refractivity contribution in [1.82, 2.24) is 0 Å². The molecule has 0 unspecified atom stereocenters. The van der Waals surface area contributed by atoms with E-state index in [9.17, 15) is 4.79 Å². The zero-order valence-corrected chi connectivity index (χ0v) is 6.73. The van der Waals surface area contributed by atoms with Gasteiger partial charge in [-0.1, -0.05) is 12.1 Å². The van der Waals surface area contributed by atoms with Crippen molar-refractivity contribution in [2.45, 2.75) is 12.4 Å². The molecule has 1 aliphatic rings.